The van der Waals surface area contributed by atoms with E-state index < -0.39 is 12.2 Å². The van der Waals surface area contributed by atoms with Crippen LogP contribution in [0.5, 0.6) is 23.0 Å². The zero-order valence-electron chi connectivity index (χ0n) is 26.2. The summed E-state index contributed by atoms with van der Waals surface area (Å²) in [5, 5.41) is 43.6. The Kier molecular flexibility index (Phi) is 8.58. The van der Waals surface area contributed by atoms with E-state index in [1.165, 1.54) is 38.4 Å². The molecule has 0 unspecified atom stereocenters. The molecule has 0 spiro atoms. The summed E-state index contributed by atoms with van der Waals surface area (Å²) in [6.45, 7) is 0. The number of phenolic OH excluding ortho intramolecular Hbond substituents is 3. The first-order valence-electron chi connectivity index (χ1n) is 17.0. The maximum atomic E-state index is 11.4. The van der Waals surface area contributed by atoms with Gasteiger partial charge in [0.2, 0.25) is 5.75 Å². The summed E-state index contributed by atoms with van der Waals surface area (Å²) >= 11 is 0. The molecule has 7 rings (SSSR count). The molecule has 1 saturated heterocycles. The number of hydrogen-bond donors (Lipinski definition) is 5. The minimum absolute atomic E-state index is 0.0447. The van der Waals surface area contributed by atoms with Gasteiger partial charge < -0.3 is 34.9 Å². The van der Waals surface area contributed by atoms with Gasteiger partial charge in [0, 0.05) is 48.2 Å². The number of aliphatic hydroxyl groups excluding tert-OH is 1. The Labute approximate surface area is 265 Å². The van der Waals surface area contributed by atoms with E-state index in [-0.39, 0.29) is 41.1 Å². The van der Waals surface area contributed by atoms with Gasteiger partial charge in [-0.3, -0.25) is 0 Å². The summed E-state index contributed by atoms with van der Waals surface area (Å²) < 4.78 is 12.4. The average molecular weight is 614 g/mol. The van der Waals surface area contributed by atoms with E-state index in [1.54, 1.807) is 6.07 Å². The highest BCUT2D eigenvalue weighted by Gasteiger charge is 2.43. The van der Waals surface area contributed by atoms with Crippen LogP contribution in [0.2, 0.25) is 0 Å². The molecule has 1 aliphatic heterocycles. The fourth-order valence-electron chi connectivity index (χ4n) is 9.05. The minimum Gasteiger partial charge on any atom is -0.508 e. The monoisotopic (exact) mass is 613 g/mol. The summed E-state index contributed by atoms with van der Waals surface area (Å²) in [6.07, 6.45) is 18.4. The topological polar surface area (TPSA) is 115 Å². The highest BCUT2D eigenvalue weighted by molar-refractivity contribution is 5.59. The van der Waals surface area contributed by atoms with Crippen molar-refractivity contribution in [2.24, 2.45) is 17.8 Å². The number of fused-ring (bicyclic) bond motifs is 1. The van der Waals surface area contributed by atoms with E-state index >= 15 is 0 Å². The van der Waals surface area contributed by atoms with Gasteiger partial charge >= 0.3 is 0 Å². The Morgan fingerprint density at radius 3 is 2.53 bits per heavy atom. The number of benzene rings is 2. The van der Waals surface area contributed by atoms with Gasteiger partial charge in [-0.15, -0.1) is 0 Å². The Hall–Kier alpha value is -3.42. The first kappa shape index (κ1) is 30.2. The van der Waals surface area contributed by atoms with Gasteiger partial charge in [-0.2, -0.15) is 0 Å². The number of aromatic hydroxyl groups is 3. The molecule has 0 bridgehead atoms. The number of aromatic amines is 1. The predicted molar refractivity (Wildman–Crippen MR) is 173 cm³/mol. The molecule has 5 N–H and O–H groups in total. The lowest BCUT2D eigenvalue weighted by molar-refractivity contribution is -0.154. The number of H-pyrrole nitrogens is 1. The van der Waals surface area contributed by atoms with Crippen LogP contribution in [0, 0.1) is 17.8 Å². The molecule has 4 aliphatic rings. The Bertz CT molecular complexity index is 1510. The van der Waals surface area contributed by atoms with E-state index in [0.29, 0.717) is 24.5 Å². The molecule has 3 aromatic rings. The summed E-state index contributed by atoms with van der Waals surface area (Å²) in [7, 11) is 1.49. The second-order valence-corrected chi connectivity index (χ2v) is 14.0. The van der Waals surface area contributed by atoms with Crippen LogP contribution in [0.1, 0.15) is 110 Å². The standard InChI is InChI=1S/C38H47NO6/c1-44-38-31(15-22-13-14-39-21-22)30(19-34(42)37(38)43)36-20-33(41)28-11-9-26(18-35(28)45-36)25-10-12-32(40)29(17-25)27-8-4-7-24(16-27)23-5-2-3-6-23/h4,8,10,12-14,17,19,21,23-24,26-28,33,35-36,39-43H,2-3,5-7,9,11,15-16,18,20H2,1H3/t24-,26-,27-,28+,33+,35+,36+/m1/s1. The molecular formula is C38H47NO6. The number of aliphatic hydroxyl groups is 1. The lowest BCUT2D eigenvalue weighted by Crippen LogP contribution is -2.44. The molecule has 2 aromatic carbocycles. The van der Waals surface area contributed by atoms with E-state index in [0.717, 1.165) is 60.3 Å². The molecule has 7 atom stereocenters. The predicted octanol–water partition coefficient (Wildman–Crippen LogP) is 7.75. The first-order valence-corrected chi connectivity index (χ1v) is 17.0. The van der Waals surface area contributed by atoms with Crippen molar-refractivity contribution in [1.29, 1.82) is 0 Å². The van der Waals surface area contributed by atoms with Crippen LogP contribution in [0.4, 0.5) is 0 Å². The van der Waals surface area contributed by atoms with Gasteiger partial charge in [-0.05, 0) is 84.7 Å². The number of phenols is 3. The van der Waals surface area contributed by atoms with Crippen molar-refractivity contribution >= 4 is 0 Å². The Morgan fingerprint density at radius 1 is 0.911 bits per heavy atom. The van der Waals surface area contributed by atoms with Crippen molar-refractivity contribution in [2.45, 2.75) is 101 Å². The third kappa shape index (κ3) is 5.97. The van der Waals surface area contributed by atoms with Crippen LogP contribution in [-0.4, -0.2) is 44.7 Å². The van der Waals surface area contributed by atoms with E-state index in [4.69, 9.17) is 9.47 Å². The number of methoxy groups -OCH3 is 1. The molecule has 2 saturated carbocycles. The molecule has 3 fully saturated rings. The molecule has 2 heterocycles. The van der Waals surface area contributed by atoms with Gasteiger partial charge in [-0.25, -0.2) is 0 Å². The maximum Gasteiger partial charge on any atom is 0.200 e. The van der Waals surface area contributed by atoms with Crippen molar-refractivity contribution in [3.63, 3.8) is 0 Å². The number of hydrogen-bond acceptors (Lipinski definition) is 6. The summed E-state index contributed by atoms with van der Waals surface area (Å²) in [4.78, 5) is 3.08. The lowest BCUT2D eigenvalue weighted by atomic mass is 9.71. The molecule has 0 amide bonds. The van der Waals surface area contributed by atoms with Crippen molar-refractivity contribution in [1.82, 2.24) is 4.98 Å². The normalized spacial score (nSPS) is 30.3. The molecule has 1 aromatic heterocycles. The molecule has 7 heteroatoms. The van der Waals surface area contributed by atoms with Crippen LogP contribution in [0.3, 0.4) is 0 Å². The zero-order valence-corrected chi connectivity index (χ0v) is 26.2. The van der Waals surface area contributed by atoms with Crippen molar-refractivity contribution in [3.05, 3.63) is 82.7 Å². The van der Waals surface area contributed by atoms with Crippen LogP contribution in [0.15, 0.2) is 54.9 Å². The molecular weight excluding hydrogens is 566 g/mol. The number of aromatic nitrogens is 1. The maximum absolute atomic E-state index is 11.4. The summed E-state index contributed by atoms with van der Waals surface area (Å²) in [6, 6.07) is 9.72. The number of allylic oxidation sites excluding steroid dienone is 2. The van der Waals surface area contributed by atoms with Crippen LogP contribution in [0.25, 0.3) is 0 Å². The van der Waals surface area contributed by atoms with E-state index in [1.807, 2.05) is 24.5 Å². The average Bonchev–Trinajstić information content (AvgIpc) is 3.78. The molecule has 0 radical (unpaired) electrons. The number of ether oxygens (including phenoxy) is 2. The second-order valence-electron chi connectivity index (χ2n) is 14.0. The van der Waals surface area contributed by atoms with Gasteiger partial charge in [0.1, 0.15) is 5.75 Å². The smallest absolute Gasteiger partial charge is 0.200 e. The van der Waals surface area contributed by atoms with Crippen molar-refractivity contribution in [3.8, 4) is 23.0 Å². The minimum atomic E-state index is -0.535. The fourth-order valence-corrected chi connectivity index (χ4v) is 9.05. The van der Waals surface area contributed by atoms with Crippen molar-refractivity contribution < 1.29 is 29.9 Å². The highest BCUT2D eigenvalue weighted by atomic mass is 16.5. The second kappa shape index (κ2) is 12.8. The lowest BCUT2D eigenvalue weighted by Gasteiger charge is -2.45. The Morgan fingerprint density at radius 2 is 1.76 bits per heavy atom. The third-order valence-electron chi connectivity index (χ3n) is 11.5. The van der Waals surface area contributed by atoms with Crippen LogP contribution >= 0.6 is 0 Å². The number of rotatable bonds is 7. The van der Waals surface area contributed by atoms with Gasteiger partial charge in [-0.1, -0.05) is 50.0 Å². The summed E-state index contributed by atoms with van der Waals surface area (Å²) in [5.74, 6) is 2.14. The molecule has 3 aliphatic carbocycles. The van der Waals surface area contributed by atoms with Crippen LogP contribution < -0.4 is 4.74 Å². The molecule has 240 valence electrons. The van der Waals surface area contributed by atoms with Crippen molar-refractivity contribution in [2.75, 3.05) is 7.11 Å². The number of nitrogens with one attached hydrogen (secondary N) is 1. The first-order chi connectivity index (χ1) is 21.9. The quantitative estimate of drug-likeness (QED) is 0.138. The van der Waals surface area contributed by atoms with Crippen LogP contribution in [-0.2, 0) is 11.2 Å². The highest BCUT2D eigenvalue weighted by Crippen LogP contribution is 2.51. The van der Waals surface area contributed by atoms with E-state index in [9.17, 15) is 20.4 Å². The fraction of sp³-hybridized carbons (Fsp3) is 0.526. The Balaban J connectivity index is 1.12. The van der Waals surface area contributed by atoms with Gasteiger partial charge in [0.15, 0.2) is 11.5 Å². The molecule has 45 heavy (non-hydrogen) atoms. The SMILES string of the molecule is COc1c(O)c(O)cc([C@@H]2C[C@H](O)[C@@H]3CC[C@@H](c4ccc(O)c([C@@H]5C=CC[C@@H](C6CCCC6)C5)c4)C[C@@H]3O2)c1Cc1cc[nH]c1. The van der Waals surface area contributed by atoms with E-state index in [2.05, 4.69) is 29.3 Å². The summed E-state index contributed by atoms with van der Waals surface area (Å²) in [5.41, 5.74) is 4.76. The third-order valence-corrected chi connectivity index (χ3v) is 11.5. The largest absolute Gasteiger partial charge is 0.508 e. The van der Waals surface area contributed by atoms with Gasteiger partial charge in [0.25, 0.3) is 0 Å². The molecule has 7 nitrogen and oxygen atoms in total. The zero-order chi connectivity index (χ0) is 31.1. The van der Waals surface area contributed by atoms with Gasteiger partial charge in [0.05, 0.1) is 25.4 Å².